The summed E-state index contributed by atoms with van der Waals surface area (Å²) in [6.07, 6.45) is 1.65. The van der Waals surface area contributed by atoms with Crippen LogP contribution in [0.25, 0.3) is 0 Å². The van der Waals surface area contributed by atoms with Crippen molar-refractivity contribution in [3.8, 4) is 17.6 Å². The van der Waals surface area contributed by atoms with E-state index in [-0.39, 0.29) is 10.9 Å². The van der Waals surface area contributed by atoms with E-state index in [9.17, 15) is 13.2 Å². The summed E-state index contributed by atoms with van der Waals surface area (Å²) in [4.78, 5) is 11.7. The molecule has 0 atom stereocenters. The molecule has 6 nitrogen and oxygen atoms in total. The number of nitrogens with two attached hydrogens (primary N) is 1. The Balaban J connectivity index is 1.78. The van der Waals surface area contributed by atoms with Crippen LogP contribution in [-0.4, -0.2) is 20.0 Å². The van der Waals surface area contributed by atoms with Crippen LogP contribution in [0.5, 0.6) is 5.75 Å². The number of carbonyl (C=O) groups is 1. The molecule has 0 aliphatic heterocycles. The Bertz CT molecular complexity index is 1010. The number of ether oxygens (including phenoxy) is 2. The molecule has 0 bridgehead atoms. The predicted octanol–water partition coefficient (Wildman–Crippen LogP) is 3.78. The normalized spacial score (nSPS) is 11.3. The van der Waals surface area contributed by atoms with Gasteiger partial charge >= 0.3 is 5.97 Å². The standard InChI is InChI=1S/C23H27NO5S/c1-23(2,3)29-22(25)8-6-4-5-7-18-9-11-19(12-10-18)17-28-20-13-15-21(16-14-20)30(24,26)27/h9-16H,4,6,8,17H2,1-3H3,(H2,24,26,27). The highest BCUT2D eigenvalue weighted by atomic mass is 32.2. The van der Waals surface area contributed by atoms with E-state index >= 15 is 0 Å². The average molecular weight is 430 g/mol. The summed E-state index contributed by atoms with van der Waals surface area (Å²) in [5.74, 6) is 6.49. The second kappa shape index (κ2) is 10.3. The average Bonchev–Trinajstić information content (AvgIpc) is 2.65. The van der Waals surface area contributed by atoms with E-state index in [2.05, 4.69) is 11.8 Å². The maximum absolute atomic E-state index is 11.6. The number of primary sulfonamides is 1. The van der Waals surface area contributed by atoms with Crippen molar-refractivity contribution in [2.45, 2.75) is 57.1 Å². The number of carbonyl (C=O) groups excluding carboxylic acids is 1. The number of esters is 1. The molecule has 160 valence electrons. The number of sulfonamides is 1. The molecule has 0 amide bonds. The fourth-order valence-electron chi connectivity index (χ4n) is 2.45. The highest BCUT2D eigenvalue weighted by molar-refractivity contribution is 7.89. The number of benzene rings is 2. The first-order valence-electron chi connectivity index (χ1n) is 9.58. The van der Waals surface area contributed by atoms with Crippen LogP contribution in [0.1, 0.15) is 51.2 Å². The van der Waals surface area contributed by atoms with Gasteiger partial charge in [0.1, 0.15) is 18.0 Å². The van der Waals surface area contributed by atoms with Gasteiger partial charge in [-0.15, -0.1) is 0 Å². The van der Waals surface area contributed by atoms with Crippen molar-refractivity contribution in [3.63, 3.8) is 0 Å². The van der Waals surface area contributed by atoms with E-state index in [1.807, 2.05) is 45.0 Å². The minimum atomic E-state index is -3.71. The zero-order valence-electron chi connectivity index (χ0n) is 17.5. The zero-order valence-corrected chi connectivity index (χ0v) is 18.3. The van der Waals surface area contributed by atoms with Crippen LogP contribution >= 0.6 is 0 Å². The van der Waals surface area contributed by atoms with Crippen LogP contribution in [0, 0.1) is 11.8 Å². The van der Waals surface area contributed by atoms with E-state index in [1.54, 1.807) is 12.1 Å². The minimum absolute atomic E-state index is 0.0453. The summed E-state index contributed by atoms with van der Waals surface area (Å²) < 4.78 is 33.4. The minimum Gasteiger partial charge on any atom is -0.489 e. The molecular formula is C23H27NO5S. The van der Waals surface area contributed by atoms with Gasteiger partial charge in [0.15, 0.2) is 0 Å². The van der Waals surface area contributed by atoms with Gasteiger partial charge in [0.25, 0.3) is 0 Å². The van der Waals surface area contributed by atoms with Gasteiger partial charge in [-0.1, -0.05) is 24.0 Å². The van der Waals surface area contributed by atoms with Gasteiger partial charge in [-0.3, -0.25) is 4.79 Å². The lowest BCUT2D eigenvalue weighted by Crippen LogP contribution is -2.23. The largest absolute Gasteiger partial charge is 0.489 e. The first-order chi connectivity index (χ1) is 14.0. The molecule has 0 radical (unpaired) electrons. The molecule has 0 spiro atoms. The Morgan fingerprint density at radius 1 is 1.03 bits per heavy atom. The van der Waals surface area contributed by atoms with Crippen molar-refractivity contribution in [1.29, 1.82) is 0 Å². The molecule has 2 aromatic carbocycles. The number of rotatable bonds is 7. The third-order valence-electron chi connectivity index (χ3n) is 3.85. The first kappa shape index (κ1) is 23.5. The molecule has 0 heterocycles. The lowest BCUT2D eigenvalue weighted by molar-refractivity contribution is -0.154. The predicted molar refractivity (Wildman–Crippen MR) is 115 cm³/mol. The molecule has 7 heteroatoms. The Morgan fingerprint density at radius 2 is 1.67 bits per heavy atom. The second-order valence-electron chi connectivity index (χ2n) is 7.74. The van der Waals surface area contributed by atoms with Gasteiger partial charge in [0.2, 0.25) is 10.0 Å². The number of hydrogen-bond acceptors (Lipinski definition) is 5. The Morgan fingerprint density at radius 3 is 2.23 bits per heavy atom. The topological polar surface area (TPSA) is 95.7 Å². The van der Waals surface area contributed by atoms with E-state index in [0.29, 0.717) is 31.6 Å². The maximum Gasteiger partial charge on any atom is 0.306 e. The zero-order chi connectivity index (χ0) is 22.2. The van der Waals surface area contributed by atoms with Crippen molar-refractivity contribution in [1.82, 2.24) is 0 Å². The molecule has 2 N–H and O–H groups in total. The summed E-state index contributed by atoms with van der Waals surface area (Å²) in [5, 5.41) is 5.07. The van der Waals surface area contributed by atoms with Gasteiger partial charge in [-0.2, -0.15) is 0 Å². The van der Waals surface area contributed by atoms with Crippen molar-refractivity contribution >= 4 is 16.0 Å². The summed E-state index contributed by atoms with van der Waals surface area (Å²) >= 11 is 0. The highest BCUT2D eigenvalue weighted by Gasteiger charge is 2.15. The Kier molecular flexibility index (Phi) is 8.04. The number of unbranched alkanes of at least 4 members (excludes halogenated alkanes) is 1. The second-order valence-corrected chi connectivity index (χ2v) is 9.31. The summed E-state index contributed by atoms with van der Waals surface area (Å²) in [5.41, 5.74) is 1.39. The van der Waals surface area contributed by atoms with Gasteiger partial charge in [-0.05, 0) is 69.2 Å². The van der Waals surface area contributed by atoms with Crippen LogP contribution in [0.3, 0.4) is 0 Å². The molecule has 2 aromatic rings. The maximum atomic E-state index is 11.6. The van der Waals surface area contributed by atoms with Gasteiger partial charge in [0.05, 0.1) is 4.90 Å². The molecule has 0 fully saturated rings. The molecule has 0 unspecified atom stereocenters. The molecule has 0 saturated carbocycles. The first-order valence-corrected chi connectivity index (χ1v) is 11.1. The van der Waals surface area contributed by atoms with Crippen molar-refractivity contribution in [2.75, 3.05) is 0 Å². The van der Waals surface area contributed by atoms with Crippen molar-refractivity contribution < 1.29 is 22.7 Å². The van der Waals surface area contributed by atoms with Crippen molar-refractivity contribution in [3.05, 3.63) is 59.7 Å². The smallest absolute Gasteiger partial charge is 0.306 e. The number of hydrogen-bond donors (Lipinski definition) is 1. The molecular weight excluding hydrogens is 402 g/mol. The summed E-state index contributed by atoms with van der Waals surface area (Å²) in [7, 11) is -3.71. The van der Waals surface area contributed by atoms with Gasteiger partial charge < -0.3 is 9.47 Å². The van der Waals surface area contributed by atoms with Gasteiger partial charge in [-0.25, -0.2) is 13.6 Å². The van der Waals surface area contributed by atoms with Crippen LogP contribution in [-0.2, 0) is 26.2 Å². The third kappa shape index (κ3) is 8.68. The van der Waals surface area contributed by atoms with E-state index in [0.717, 1.165) is 11.1 Å². The van der Waals surface area contributed by atoms with E-state index in [4.69, 9.17) is 14.6 Å². The third-order valence-corrected chi connectivity index (χ3v) is 4.78. The molecule has 0 aliphatic carbocycles. The van der Waals surface area contributed by atoms with Crippen LogP contribution < -0.4 is 9.88 Å². The molecule has 0 saturated heterocycles. The Labute approximate surface area is 178 Å². The van der Waals surface area contributed by atoms with Crippen molar-refractivity contribution in [2.24, 2.45) is 5.14 Å². The SMILES string of the molecule is CC(C)(C)OC(=O)CCCC#Cc1ccc(COc2ccc(S(N)(=O)=O)cc2)cc1. The molecule has 30 heavy (non-hydrogen) atoms. The molecule has 2 rings (SSSR count). The lowest BCUT2D eigenvalue weighted by Gasteiger charge is -2.19. The fraction of sp³-hybridized carbons (Fsp3) is 0.348. The van der Waals surface area contributed by atoms with Gasteiger partial charge in [0, 0.05) is 18.4 Å². The van der Waals surface area contributed by atoms with Crippen LogP contribution in [0.15, 0.2) is 53.4 Å². The van der Waals surface area contributed by atoms with E-state index < -0.39 is 15.6 Å². The highest BCUT2D eigenvalue weighted by Crippen LogP contribution is 2.16. The summed E-state index contributed by atoms with van der Waals surface area (Å²) in [6.45, 7) is 5.90. The van der Waals surface area contributed by atoms with E-state index in [1.165, 1.54) is 12.1 Å². The molecule has 0 aromatic heterocycles. The van der Waals surface area contributed by atoms with Crippen LogP contribution in [0.4, 0.5) is 0 Å². The van der Waals surface area contributed by atoms with Crippen LogP contribution in [0.2, 0.25) is 0 Å². The summed E-state index contributed by atoms with van der Waals surface area (Å²) in [6, 6.07) is 13.6. The quantitative estimate of drug-likeness (QED) is 0.411. The Hall–Kier alpha value is -2.82. The fourth-order valence-corrected chi connectivity index (χ4v) is 2.97. The monoisotopic (exact) mass is 429 g/mol. The lowest BCUT2D eigenvalue weighted by atomic mass is 10.1. The molecule has 0 aliphatic rings.